The average molecular weight is 337 g/mol. The molecule has 2 aromatic rings. The van der Waals surface area contributed by atoms with Gasteiger partial charge in [0.2, 0.25) is 0 Å². The maximum Gasteiger partial charge on any atom is 0.147 e. The van der Waals surface area contributed by atoms with Gasteiger partial charge in [0.05, 0.1) is 11.3 Å². The Bertz CT molecular complexity index is 827. The smallest absolute Gasteiger partial charge is 0.147 e. The summed E-state index contributed by atoms with van der Waals surface area (Å²) in [6.07, 6.45) is 5.07. The third kappa shape index (κ3) is 3.02. The van der Waals surface area contributed by atoms with E-state index in [9.17, 15) is 9.65 Å². The molecule has 2 fully saturated rings. The molecule has 5 nitrogen and oxygen atoms in total. The van der Waals surface area contributed by atoms with Crippen molar-refractivity contribution in [3.05, 3.63) is 47.7 Å². The lowest BCUT2D eigenvalue weighted by Gasteiger charge is -2.27. The molecule has 2 heterocycles. The Labute approximate surface area is 146 Å². The van der Waals surface area contributed by atoms with Gasteiger partial charge in [-0.25, -0.2) is 14.4 Å². The molecule has 1 saturated carbocycles. The summed E-state index contributed by atoms with van der Waals surface area (Å²) in [4.78, 5) is 13.2. The van der Waals surface area contributed by atoms with Crippen molar-refractivity contribution in [3.8, 4) is 6.07 Å². The minimum absolute atomic E-state index is 0.230. The predicted octanol–water partition coefficient (Wildman–Crippen LogP) is 3.08. The van der Waals surface area contributed by atoms with Crippen LogP contribution >= 0.6 is 0 Å². The molecule has 1 aliphatic carbocycles. The van der Waals surface area contributed by atoms with Crippen LogP contribution in [0.2, 0.25) is 0 Å². The highest BCUT2D eigenvalue weighted by Gasteiger charge is 2.31. The molecule has 25 heavy (non-hydrogen) atoms. The van der Waals surface area contributed by atoms with Crippen LogP contribution in [0.15, 0.2) is 30.5 Å². The first-order valence-corrected chi connectivity index (χ1v) is 8.66. The molecule has 1 atom stereocenters. The molecular weight excluding hydrogens is 317 g/mol. The molecule has 4 rings (SSSR count). The number of nitriles is 1. The van der Waals surface area contributed by atoms with Crippen molar-refractivity contribution in [3.63, 3.8) is 0 Å². The van der Waals surface area contributed by atoms with Crippen molar-refractivity contribution in [2.24, 2.45) is 0 Å². The van der Waals surface area contributed by atoms with Crippen molar-refractivity contribution < 1.29 is 4.39 Å². The molecule has 0 radical (unpaired) electrons. The van der Waals surface area contributed by atoms with Gasteiger partial charge in [0.25, 0.3) is 0 Å². The molecule has 128 valence electrons. The van der Waals surface area contributed by atoms with Gasteiger partial charge >= 0.3 is 0 Å². The van der Waals surface area contributed by atoms with Crippen LogP contribution in [0.25, 0.3) is 0 Å². The molecule has 0 amide bonds. The Hall–Kier alpha value is -2.68. The normalized spacial score (nSPS) is 19.7. The monoisotopic (exact) mass is 337 g/mol. The van der Waals surface area contributed by atoms with E-state index in [1.165, 1.54) is 18.9 Å². The van der Waals surface area contributed by atoms with Crippen molar-refractivity contribution in [1.29, 1.82) is 5.26 Å². The fourth-order valence-electron chi connectivity index (χ4n) is 3.47. The SMILES string of the molecule is CN(c1ccnc(C2CC2)n1)C1CCN(c2c(F)cccc2C#N)C1. The van der Waals surface area contributed by atoms with Crippen LogP contribution < -0.4 is 9.80 Å². The molecule has 1 aliphatic heterocycles. The van der Waals surface area contributed by atoms with Gasteiger partial charge in [-0.3, -0.25) is 0 Å². The van der Waals surface area contributed by atoms with E-state index >= 15 is 0 Å². The van der Waals surface area contributed by atoms with Crippen LogP contribution in [0.4, 0.5) is 15.9 Å². The number of likely N-dealkylation sites (N-methyl/N-ethyl adjacent to an activating group) is 1. The fraction of sp³-hybridized carbons (Fsp3) is 0.421. The lowest BCUT2D eigenvalue weighted by Crippen LogP contribution is -2.35. The van der Waals surface area contributed by atoms with Gasteiger partial charge in [-0.2, -0.15) is 5.26 Å². The first-order valence-electron chi connectivity index (χ1n) is 8.66. The lowest BCUT2D eigenvalue weighted by molar-refractivity contribution is 0.621. The zero-order valence-corrected chi connectivity index (χ0v) is 14.2. The summed E-state index contributed by atoms with van der Waals surface area (Å²) in [7, 11) is 2.03. The molecule has 1 unspecified atom stereocenters. The first-order chi connectivity index (χ1) is 12.2. The second-order valence-corrected chi connectivity index (χ2v) is 6.79. The Morgan fingerprint density at radius 3 is 2.88 bits per heavy atom. The quantitative estimate of drug-likeness (QED) is 0.858. The Balaban J connectivity index is 1.53. The van der Waals surface area contributed by atoms with Gasteiger partial charge in [-0.1, -0.05) is 6.07 Å². The van der Waals surface area contributed by atoms with E-state index < -0.39 is 0 Å². The Kier molecular flexibility index (Phi) is 4.00. The van der Waals surface area contributed by atoms with Gasteiger partial charge in [0.1, 0.15) is 23.5 Å². The second kappa shape index (κ2) is 6.32. The molecule has 0 spiro atoms. The van der Waals surface area contributed by atoms with Crippen molar-refractivity contribution in [1.82, 2.24) is 9.97 Å². The van der Waals surface area contributed by atoms with Gasteiger partial charge in [-0.05, 0) is 37.5 Å². The Morgan fingerprint density at radius 2 is 2.12 bits per heavy atom. The fourth-order valence-corrected chi connectivity index (χ4v) is 3.47. The molecule has 1 aromatic heterocycles. The maximum atomic E-state index is 14.3. The number of anilines is 2. The van der Waals surface area contributed by atoms with E-state index in [2.05, 4.69) is 16.0 Å². The van der Waals surface area contributed by atoms with E-state index in [0.717, 1.165) is 24.6 Å². The number of benzene rings is 1. The van der Waals surface area contributed by atoms with Crippen LogP contribution in [0.5, 0.6) is 0 Å². The third-order valence-electron chi connectivity index (χ3n) is 5.10. The van der Waals surface area contributed by atoms with Crippen LogP contribution in [0, 0.1) is 17.1 Å². The van der Waals surface area contributed by atoms with Crippen molar-refractivity contribution in [2.45, 2.75) is 31.2 Å². The van der Waals surface area contributed by atoms with Crippen LogP contribution in [-0.4, -0.2) is 36.1 Å². The van der Waals surface area contributed by atoms with Crippen LogP contribution in [-0.2, 0) is 0 Å². The zero-order valence-electron chi connectivity index (χ0n) is 14.2. The van der Waals surface area contributed by atoms with Crippen LogP contribution in [0.3, 0.4) is 0 Å². The number of hydrogen-bond acceptors (Lipinski definition) is 5. The molecule has 0 N–H and O–H groups in total. The maximum absolute atomic E-state index is 14.3. The summed E-state index contributed by atoms with van der Waals surface area (Å²) in [5.41, 5.74) is 0.809. The minimum atomic E-state index is -0.333. The number of para-hydroxylation sites is 1. The average Bonchev–Trinajstić information content (AvgIpc) is 3.39. The summed E-state index contributed by atoms with van der Waals surface area (Å²) >= 11 is 0. The first kappa shape index (κ1) is 15.8. The number of halogens is 1. The molecule has 2 aliphatic rings. The number of hydrogen-bond donors (Lipinski definition) is 0. The molecular formula is C19H20FN5. The van der Waals surface area contributed by atoms with Crippen molar-refractivity contribution >= 4 is 11.5 Å². The zero-order chi connectivity index (χ0) is 17.4. The molecule has 0 bridgehead atoms. The standard InChI is InChI=1S/C19H20FN5/c1-24(17-7-9-22-19(23-17)13-5-6-13)15-8-10-25(12-15)18-14(11-21)3-2-4-16(18)20/h2-4,7,9,13,15H,5-6,8,10,12H2,1H3. The summed E-state index contributed by atoms with van der Waals surface area (Å²) in [6.45, 7) is 1.40. The summed E-state index contributed by atoms with van der Waals surface area (Å²) in [5.74, 6) is 2.03. The van der Waals surface area contributed by atoms with Crippen molar-refractivity contribution in [2.75, 3.05) is 29.9 Å². The summed E-state index contributed by atoms with van der Waals surface area (Å²) in [6, 6.07) is 8.92. The van der Waals surface area contributed by atoms with Gasteiger partial charge < -0.3 is 9.80 Å². The summed E-state index contributed by atoms with van der Waals surface area (Å²) in [5, 5.41) is 9.27. The highest BCUT2D eigenvalue weighted by atomic mass is 19.1. The molecule has 1 aromatic carbocycles. The minimum Gasteiger partial charge on any atom is -0.366 e. The highest BCUT2D eigenvalue weighted by Crippen LogP contribution is 2.38. The number of nitrogens with zero attached hydrogens (tertiary/aromatic N) is 5. The number of aromatic nitrogens is 2. The number of rotatable bonds is 4. The van der Waals surface area contributed by atoms with E-state index in [0.29, 0.717) is 23.7 Å². The van der Waals surface area contributed by atoms with Gasteiger partial charge in [-0.15, -0.1) is 0 Å². The molecule has 1 saturated heterocycles. The Morgan fingerprint density at radius 1 is 1.28 bits per heavy atom. The molecule has 6 heteroatoms. The van der Waals surface area contributed by atoms with Gasteiger partial charge in [0.15, 0.2) is 0 Å². The third-order valence-corrected chi connectivity index (χ3v) is 5.10. The second-order valence-electron chi connectivity index (χ2n) is 6.79. The predicted molar refractivity (Wildman–Crippen MR) is 94.1 cm³/mol. The largest absolute Gasteiger partial charge is 0.366 e. The van der Waals surface area contributed by atoms with E-state index in [1.807, 2.05) is 24.2 Å². The van der Waals surface area contributed by atoms with E-state index in [4.69, 9.17) is 4.98 Å². The van der Waals surface area contributed by atoms with E-state index in [1.54, 1.807) is 12.1 Å². The van der Waals surface area contributed by atoms with Crippen LogP contribution in [0.1, 0.15) is 36.6 Å². The topological polar surface area (TPSA) is 56.1 Å². The summed E-state index contributed by atoms with van der Waals surface area (Å²) < 4.78 is 14.3. The van der Waals surface area contributed by atoms with E-state index in [-0.39, 0.29) is 11.9 Å². The van der Waals surface area contributed by atoms with Gasteiger partial charge in [0, 0.05) is 38.3 Å². The lowest BCUT2D eigenvalue weighted by atomic mass is 10.1. The highest BCUT2D eigenvalue weighted by molar-refractivity contribution is 5.61.